The van der Waals surface area contributed by atoms with E-state index in [0.717, 1.165) is 13.2 Å². The first-order valence-electron chi connectivity index (χ1n) is 18.1. The van der Waals surface area contributed by atoms with Gasteiger partial charge in [0.15, 0.2) is 0 Å². The molecular weight excluding hydrogens is 543 g/mol. The summed E-state index contributed by atoms with van der Waals surface area (Å²) in [6.07, 6.45) is 48.1. The number of unbranched alkanes of at least 4 members (excludes halogenated alkanes) is 24. The summed E-state index contributed by atoms with van der Waals surface area (Å²) in [6.45, 7) is 6.54. The Balaban J connectivity index is 0. The lowest BCUT2D eigenvalue weighted by atomic mass is 10.1. The van der Waals surface area contributed by atoms with Crippen LogP contribution in [-0.4, -0.2) is 27.9 Å². The van der Waals surface area contributed by atoms with Crippen LogP contribution in [0.25, 0.3) is 0 Å². The Morgan fingerprint density at radius 1 is 0.405 bits per heavy atom. The van der Waals surface area contributed by atoms with Crippen LogP contribution >= 0.6 is 7.82 Å². The lowest BCUT2D eigenvalue weighted by Crippen LogP contribution is -1.97. The molecule has 0 bridgehead atoms. The molecule has 0 atom stereocenters. The average molecular weight is 617 g/mol. The zero-order chi connectivity index (χ0) is 31.2. The monoisotopic (exact) mass is 617 g/mol. The molecule has 0 saturated heterocycles. The van der Waals surface area contributed by atoms with E-state index in [1.807, 2.05) is 0 Å². The fourth-order valence-corrected chi connectivity index (χ4v) is 5.01. The van der Waals surface area contributed by atoms with E-state index in [9.17, 15) is 0 Å². The van der Waals surface area contributed by atoms with Gasteiger partial charge in [-0.3, -0.25) is 0 Å². The van der Waals surface area contributed by atoms with Gasteiger partial charge in [-0.05, 0) is 64.2 Å². The highest BCUT2D eigenvalue weighted by Gasteiger charge is 2.00. The molecule has 0 spiro atoms. The van der Waals surface area contributed by atoms with Gasteiger partial charge < -0.3 is 19.4 Å². The molecule has 0 radical (unpaired) electrons. The molecule has 0 fully saturated rings. The van der Waals surface area contributed by atoms with Crippen LogP contribution in [0, 0.1) is 0 Å². The molecule has 3 N–H and O–H groups in total. The first-order chi connectivity index (χ1) is 20.4. The van der Waals surface area contributed by atoms with Gasteiger partial charge in [-0.1, -0.05) is 154 Å². The summed E-state index contributed by atoms with van der Waals surface area (Å²) >= 11 is 0. The minimum atomic E-state index is -4.64. The summed E-state index contributed by atoms with van der Waals surface area (Å²) in [6, 6.07) is 0. The summed E-state index contributed by atoms with van der Waals surface area (Å²) in [5, 5.41) is 0. The van der Waals surface area contributed by atoms with Gasteiger partial charge in [-0.15, -0.1) is 0 Å². The van der Waals surface area contributed by atoms with Crippen molar-refractivity contribution < 1.29 is 24.0 Å². The molecule has 0 amide bonds. The van der Waals surface area contributed by atoms with Crippen molar-refractivity contribution in [3.8, 4) is 0 Å². The first-order valence-corrected chi connectivity index (χ1v) is 19.6. The van der Waals surface area contributed by atoms with Crippen molar-refractivity contribution in [2.75, 3.05) is 13.2 Å². The van der Waals surface area contributed by atoms with Crippen LogP contribution in [0.4, 0.5) is 0 Å². The van der Waals surface area contributed by atoms with Gasteiger partial charge in [0.1, 0.15) is 0 Å². The van der Waals surface area contributed by atoms with E-state index in [0.29, 0.717) is 0 Å². The highest BCUT2D eigenvalue weighted by atomic mass is 31.2. The van der Waals surface area contributed by atoms with E-state index in [2.05, 4.69) is 38.2 Å². The molecule has 0 heterocycles. The van der Waals surface area contributed by atoms with E-state index in [-0.39, 0.29) is 0 Å². The van der Waals surface area contributed by atoms with Crippen molar-refractivity contribution in [1.82, 2.24) is 0 Å². The van der Waals surface area contributed by atoms with Gasteiger partial charge in [-0.25, -0.2) is 4.57 Å². The van der Waals surface area contributed by atoms with Crippen molar-refractivity contribution in [3.63, 3.8) is 0 Å². The van der Waals surface area contributed by atoms with E-state index in [4.69, 9.17) is 24.0 Å². The van der Waals surface area contributed by atoms with Gasteiger partial charge in [0.25, 0.3) is 0 Å². The zero-order valence-corrected chi connectivity index (χ0v) is 29.0. The number of allylic oxidation sites excluding steroid dienone is 4. The maximum atomic E-state index is 8.88. The largest absolute Gasteiger partial charge is 0.466 e. The Bertz CT molecular complexity index is 539. The molecule has 0 saturated carbocycles. The lowest BCUT2D eigenvalue weighted by molar-refractivity contribution is 0.125. The summed E-state index contributed by atoms with van der Waals surface area (Å²) in [5.41, 5.74) is 0. The Hall–Kier alpha value is -0.450. The Morgan fingerprint density at radius 2 is 0.619 bits per heavy atom. The van der Waals surface area contributed by atoms with Crippen molar-refractivity contribution in [2.24, 2.45) is 0 Å². The van der Waals surface area contributed by atoms with E-state index < -0.39 is 7.82 Å². The molecule has 0 aliphatic rings. The maximum absolute atomic E-state index is 8.88. The Labute approximate surface area is 262 Å². The second kappa shape index (κ2) is 38.6. The summed E-state index contributed by atoms with van der Waals surface area (Å²) in [7, 11) is -4.64. The van der Waals surface area contributed by atoms with Crippen LogP contribution in [0.15, 0.2) is 24.3 Å². The van der Waals surface area contributed by atoms with Crippen molar-refractivity contribution in [2.45, 2.75) is 194 Å². The number of hydrogen-bond acceptors (Lipinski definition) is 2. The first kappa shape index (κ1) is 43.7. The minimum absolute atomic E-state index is 0.978. The molecule has 0 aromatic heterocycles. The maximum Gasteiger partial charge on any atom is 0.466 e. The fourth-order valence-electron chi connectivity index (χ4n) is 5.01. The van der Waals surface area contributed by atoms with E-state index in [1.54, 1.807) is 0 Å². The third-order valence-corrected chi connectivity index (χ3v) is 7.60. The van der Waals surface area contributed by atoms with Crippen LogP contribution in [0.2, 0.25) is 0 Å². The number of rotatable bonds is 32. The SMILES string of the molecule is CCCCCCCC/C=C/CCCCCCCCOCCCCCCCC/C=C/CCCCCCCC.O=P(O)(O)O. The topological polar surface area (TPSA) is 87.0 Å². The number of phosphoric acid groups is 1. The third kappa shape index (κ3) is 52.2. The quantitative estimate of drug-likeness (QED) is 0.0397. The second-order valence-corrected chi connectivity index (χ2v) is 13.0. The van der Waals surface area contributed by atoms with Crippen molar-refractivity contribution >= 4 is 7.82 Å². The molecule has 0 aromatic rings. The standard InChI is InChI=1S/C36H70O.H3O4P/c1-3-5-7-9-11-13-15-17-19-21-23-25-27-29-31-33-35-37-36-34-32-30-28-26-24-22-20-18-16-14-12-10-8-6-4-2;1-5(2,3)4/h17-20H,3-16,21-36H2,1-2H3;(H3,1,2,3,4)/b19-17+,20-18+;. The van der Waals surface area contributed by atoms with Gasteiger partial charge >= 0.3 is 7.82 Å². The van der Waals surface area contributed by atoms with Gasteiger partial charge in [-0.2, -0.15) is 0 Å². The molecule has 252 valence electrons. The second-order valence-electron chi connectivity index (χ2n) is 12.0. The van der Waals surface area contributed by atoms with Crippen LogP contribution < -0.4 is 0 Å². The molecule has 42 heavy (non-hydrogen) atoms. The van der Waals surface area contributed by atoms with Crippen LogP contribution in [-0.2, 0) is 9.30 Å². The van der Waals surface area contributed by atoms with Gasteiger partial charge in [0.05, 0.1) is 0 Å². The van der Waals surface area contributed by atoms with Gasteiger partial charge in [0.2, 0.25) is 0 Å². The Morgan fingerprint density at radius 3 is 0.881 bits per heavy atom. The molecular formula is C36H73O5P. The highest BCUT2D eigenvalue weighted by molar-refractivity contribution is 7.45. The van der Waals surface area contributed by atoms with Gasteiger partial charge in [0, 0.05) is 13.2 Å². The smallest absolute Gasteiger partial charge is 0.381 e. The van der Waals surface area contributed by atoms with E-state index in [1.165, 1.54) is 180 Å². The fraction of sp³-hybridized carbons (Fsp3) is 0.889. The summed E-state index contributed by atoms with van der Waals surface area (Å²) in [4.78, 5) is 21.6. The van der Waals surface area contributed by atoms with Crippen molar-refractivity contribution in [3.05, 3.63) is 24.3 Å². The molecule has 0 aliphatic heterocycles. The van der Waals surface area contributed by atoms with Crippen molar-refractivity contribution in [1.29, 1.82) is 0 Å². The molecule has 5 nitrogen and oxygen atoms in total. The third-order valence-electron chi connectivity index (χ3n) is 7.60. The minimum Gasteiger partial charge on any atom is -0.381 e. The molecule has 6 heteroatoms. The number of hydrogen-bond donors (Lipinski definition) is 3. The Kier molecular flexibility index (Phi) is 40.1. The highest BCUT2D eigenvalue weighted by Crippen LogP contribution is 2.25. The lowest BCUT2D eigenvalue weighted by Gasteiger charge is -2.05. The summed E-state index contributed by atoms with van der Waals surface area (Å²) in [5.74, 6) is 0. The van der Waals surface area contributed by atoms with Crippen LogP contribution in [0.5, 0.6) is 0 Å². The molecule has 0 rings (SSSR count). The molecule has 0 aromatic carbocycles. The predicted octanol–water partition coefficient (Wildman–Crippen LogP) is 12.1. The zero-order valence-electron chi connectivity index (χ0n) is 28.1. The number of ether oxygens (including phenoxy) is 1. The molecule has 0 aliphatic carbocycles. The average Bonchev–Trinajstić information content (AvgIpc) is 2.94. The van der Waals surface area contributed by atoms with Crippen LogP contribution in [0.1, 0.15) is 194 Å². The predicted molar refractivity (Wildman–Crippen MR) is 184 cm³/mol. The van der Waals surface area contributed by atoms with Crippen LogP contribution in [0.3, 0.4) is 0 Å². The molecule has 0 unspecified atom stereocenters. The normalized spacial score (nSPS) is 11.9. The van der Waals surface area contributed by atoms with E-state index >= 15 is 0 Å². The summed E-state index contributed by atoms with van der Waals surface area (Å²) < 4.78 is 14.7.